The first-order chi connectivity index (χ1) is 9.42. The Bertz CT molecular complexity index is 697. The van der Waals surface area contributed by atoms with Gasteiger partial charge in [-0.25, -0.2) is 4.98 Å². The van der Waals surface area contributed by atoms with Gasteiger partial charge in [-0.2, -0.15) is 0 Å². The average molecular weight is 266 g/mol. The number of thiophene rings is 1. The van der Waals surface area contributed by atoms with E-state index in [0.717, 1.165) is 12.4 Å². The van der Waals surface area contributed by atoms with Crippen LogP contribution in [-0.2, 0) is 13.0 Å². The van der Waals surface area contributed by atoms with Gasteiger partial charge >= 0.3 is 0 Å². The lowest BCUT2D eigenvalue weighted by Gasteiger charge is -2.30. The normalized spacial score (nSPS) is 16.9. The van der Waals surface area contributed by atoms with E-state index in [1.54, 1.807) is 11.3 Å². The Morgan fingerprint density at radius 2 is 2.16 bits per heavy atom. The summed E-state index contributed by atoms with van der Waals surface area (Å²) in [6, 6.07) is 13.0. The van der Waals surface area contributed by atoms with Crippen LogP contribution in [0.15, 0.2) is 54.2 Å². The van der Waals surface area contributed by atoms with Gasteiger partial charge in [0.15, 0.2) is 0 Å². The zero-order valence-electron chi connectivity index (χ0n) is 10.5. The SMILES string of the molecule is c1csc(-c2nccn2CC2Cc3ccccc32)c1. The molecule has 0 bridgehead atoms. The fourth-order valence-corrected chi connectivity index (χ4v) is 3.59. The van der Waals surface area contributed by atoms with Gasteiger partial charge in [0.05, 0.1) is 4.88 Å². The minimum atomic E-state index is 0.643. The summed E-state index contributed by atoms with van der Waals surface area (Å²) in [5.74, 6) is 1.74. The van der Waals surface area contributed by atoms with Crippen LogP contribution in [0.3, 0.4) is 0 Å². The number of rotatable bonds is 3. The molecular weight excluding hydrogens is 252 g/mol. The third kappa shape index (κ3) is 1.81. The smallest absolute Gasteiger partial charge is 0.150 e. The number of hydrogen-bond acceptors (Lipinski definition) is 2. The number of fused-ring (bicyclic) bond motifs is 1. The van der Waals surface area contributed by atoms with Crippen molar-refractivity contribution >= 4 is 11.3 Å². The highest BCUT2D eigenvalue weighted by atomic mass is 32.1. The predicted molar refractivity (Wildman–Crippen MR) is 78.4 cm³/mol. The lowest BCUT2D eigenvalue weighted by Crippen LogP contribution is -2.21. The Morgan fingerprint density at radius 1 is 1.21 bits per heavy atom. The fourth-order valence-electron chi connectivity index (χ4n) is 2.85. The van der Waals surface area contributed by atoms with E-state index in [9.17, 15) is 0 Å². The molecule has 1 atom stereocenters. The van der Waals surface area contributed by atoms with Crippen molar-refractivity contribution in [2.24, 2.45) is 0 Å². The second-order valence-corrected chi connectivity index (χ2v) is 5.93. The molecule has 0 spiro atoms. The summed E-state index contributed by atoms with van der Waals surface area (Å²) in [7, 11) is 0. The van der Waals surface area contributed by atoms with Crippen molar-refractivity contribution in [2.75, 3.05) is 0 Å². The number of aromatic nitrogens is 2. The minimum absolute atomic E-state index is 0.643. The minimum Gasteiger partial charge on any atom is -0.330 e. The molecule has 1 aromatic carbocycles. The van der Waals surface area contributed by atoms with Crippen LogP contribution >= 0.6 is 11.3 Å². The second-order valence-electron chi connectivity index (χ2n) is 4.98. The van der Waals surface area contributed by atoms with Gasteiger partial charge < -0.3 is 4.57 Å². The van der Waals surface area contributed by atoms with Crippen molar-refractivity contribution in [3.63, 3.8) is 0 Å². The molecule has 0 N–H and O–H groups in total. The van der Waals surface area contributed by atoms with Crippen molar-refractivity contribution in [2.45, 2.75) is 18.9 Å². The number of hydrogen-bond donors (Lipinski definition) is 0. The highest BCUT2D eigenvalue weighted by Crippen LogP contribution is 2.37. The molecule has 94 valence electrons. The van der Waals surface area contributed by atoms with Crippen molar-refractivity contribution in [1.29, 1.82) is 0 Å². The maximum Gasteiger partial charge on any atom is 0.150 e. The summed E-state index contributed by atoms with van der Waals surface area (Å²) in [6.45, 7) is 1.03. The second kappa shape index (κ2) is 4.35. The first-order valence-corrected chi connectivity index (χ1v) is 7.42. The highest BCUT2D eigenvalue weighted by molar-refractivity contribution is 7.13. The zero-order chi connectivity index (χ0) is 12.7. The molecule has 1 unspecified atom stereocenters. The van der Waals surface area contributed by atoms with Gasteiger partial charge in [0.25, 0.3) is 0 Å². The molecule has 2 heterocycles. The van der Waals surface area contributed by atoms with Crippen LogP contribution in [0.25, 0.3) is 10.7 Å². The third-order valence-corrected chi connectivity index (χ3v) is 4.70. The molecule has 1 aliphatic rings. The van der Waals surface area contributed by atoms with Gasteiger partial charge in [-0.15, -0.1) is 11.3 Å². The van der Waals surface area contributed by atoms with Crippen molar-refractivity contribution in [1.82, 2.24) is 9.55 Å². The Hall–Kier alpha value is -1.87. The molecule has 2 nitrogen and oxygen atoms in total. The Morgan fingerprint density at radius 3 is 3.00 bits per heavy atom. The van der Waals surface area contributed by atoms with Gasteiger partial charge in [-0.05, 0) is 29.0 Å². The molecule has 0 fully saturated rings. The fraction of sp³-hybridized carbons (Fsp3) is 0.188. The van der Waals surface area contributed by atoms with Crippen LogP contribution < -0.4 is 0 Å². The maximum absolute atomic E-state index is 4.50. The number of nitrogens with zero attached hydrogens (tertiary/aromatic N) is 2. The molecule has 0 saturated carbocycles. The van der Waals surface area contributed by atoms with Crippen LogP contribution in [0.1, 0.15) is 17.0 Å². The molecule has 1 aliphatic carbocycles. The Balaban J connectivity index is 1.61. The molecule has 3 aromatic rings. The van der Waals surface area contributed by atoms with Gasteiger partial charge in [0.1, 0.15) is 5.82 Å². The van der Waals surface area contributed by atoms with Crippen molar-refractivity contribution in [3.8, 4) is 10.7 Å². The molecule has 19 heavy (non-hydrogen) atoms. The van der Waals surface area contributed by atoms with Crippen LogP contribution in [0, 0.1) is 0 Å². The van der Waals surface area contributed by atoms with Gasteiger partial charge in [-0.1, -0.05) is 30.3 Å². The summed E-state index contributed by atoms with van der Waals surface area (Å²) >= 11 is 1.75. The molecule has 2 aromatic heterocycles. The first-order valence-electron chi connectivity index (χ1n) is 6.54. The van der Waals surface area contributed by atoms with Gasteiger partial charge in [0.2, 0.25) is 0 Å². The quantitative estimate of drug-likeness (QED) is 0.702. The molecule has 0 aliphatic heterocycles. The van der Waals surface area contributed by atoms with Crippen molar-refractivity contribution < 1.29 is 0 Å². The topological polar surface area (TPSA) is 17.8 Å². The van der Waals surface area contributed by atoms with E-state index in [1.807, 2.05) is 6.20 Å². The van der Waals surface area contributed by atoms with E-state index < -0.39 is 0 Å². The number of imidazole rings is 1. The van der Waals surface area contributed by atoms with E-state index in [-0.39, 0.29) is 0 Å². The Kier molecular flexibility index (Phi) is 2.52. The standard InChI is InChI=1S/C16H14N2S/c1-2-5-14-12(4-1)10-13(14)11-18-8-7-17-16(18)15-6-3-9-19-15/h1-9,13H,10-11H2. The zero-order valence-corrected chi connectivity index (χ0v) is 11.3. The monoisotopic (exact) mass is 266 g/mol. The first kappa shape index (κ1) is 11.0. The molecule has 0 radical (unpaired) electrons. The summed E-state index contributed by atoms with van der Waals surface area (Å²) in [4.78, 5) is 5.75. The molecular formula is C16H14N2S. The maximum atomic E-state index is 4.50. The molecule has 4 rings (SSSR count). The van der Waals surface area contributed by atoms with E-state index in [0.29, 0.717) is 5.92 Å². The molecule has 0 saturated heterocycles. The molecule has 0 amide bonds. The lowest BCUT2D eigenvalue weighted by atomic mass is 9.77. The van der Waals surface area contributed by atoms with Crippen LogP contribution in [0.5, 0.6) is 0 Å². The summed E-state index contributed by atoms with van der Waals surface area (Å²) in [6.07, 6.45) is 5.19. The summed E-state index contributed by atoms with van der Waals surface area (Å²) in [5, 5.41) is 2.10. The largest absolute Gasteiger partial charge is 0.330 e. The van der Waals surface area contributed by atoms with Crippen LogP contribution in [0.2, 0.25) is 0 Å². The number of benzene rings is 1. The van der Waals surface area contributed by atoms with Crippen molar-refractivity contribution in [3.05, 3.63) is 65.3 Å². The van der Waals surface area contributed by atoms with Crippen LogP contribution in [0.4, 0.5) is 0 Å². The lowest BCUT2D eigenvalue weighted by molar-refractivity contribution is 0.512. The average Bonchev–Trinajstić information content (AvgIpc) is 3.06. The third-order valence-electron chi connectivity index (χ3n) is 3.84. The van der Waals surface area contributed by atoms with E-state index >= 15 is 0 Å². The van der Waals surface area contributed by atoms with E-state index in [2.05, 4.69) is 57.5 Å². The van der Waals surface area contributed by atoms with Gasteiger partial charge in [-0.3, -0.25) is 0 Å². The highest BCUT2D eigenvalue weighted by Gasteiger charge is 2.26. The Labute approximate surface area is 116 Å². The van der Waals surface area contributed by atoms with E-state index in [4.69, 9.17) is 0 Å². The predicted octanol–water partition coefficient (Wildman–Crippen LogP) is 3.95. The van der Waals surface area contributed by atoms with Crippen LogP contribution in [-0.4, -0.2) is 9.55 Å². The summed E-state index contributed by atoms with van der Waals surface area (Å²) in [5.41, 5.74) is 3.01. The van der Waals surface area contributed by atoms with E-state index in [1.165, 1.54) is 22.4 Å². The van der Waals surface area contributed by atoms with Gasteiger partial charge in [0, 0.05) is 24.9 Å². The molecule has 3 heteroatoms. The summed E-state index contributed by atoms with van der Waals surface area (Å²) < 4.78 is 2.28.